The van der Waals surface area contributed by atoms with Crippen molar-refractivity contribution in [3.63, 3.8) is 0 Å². The first kappa shape index (κ1) is 19.5. The first-order valence-corrected chi connectivity index (χ1v) is 10.3. The lowest BCUT2D eigenvalue weighted by molar-refractivity contribution is 0.0527. The number of anilines is 1. The maximum Gasteiger partial charge on any atom is 0.340 e. The van der Waals surface area contributed by atoms with E-state index in [2.05, 4.69) is 49.5 Å². The van der Waals surface area contributed by atoms with Gasteiger partial charge in [0.1, 0.15) is 0 Å². The quantitative estimate of drug-likeness (QED) is 0.607. The van der Waals surface area contributed by atoms with Crippen LogP contribution in [0.2, 0.25) is 0 Å². The summed E-state index contributed by atoms with van der Waals surface area (Å²) in [7, 11) is 0. The number of benzene rings is 2. The zero-order chi connectivity index (χ0) is 19.2. The molecule has 0 aromatic heterocycles. The molecule has 0 saturated carbocycles. The summed E-state index contributed by atoms with van der Waals surface area (Å²) in [6, 6.07) is 14.8. The fourth-order valence-electron chi connectivity index (χ4n) is 4.28. The summed E-state index contributed by atoms with van der Waals surface area (Å²) in [4.78, 5) is 12.7. The number of esters is 1. The summed E-state index contributed by atoms with van der Waals surface area (Å²) < 4.78 is 5.36. The lowest BCUT2D eigenvalue weighted by Gasteiger charge is -2.33. The third-order valence-corrected chi connectivity index (χ3v) is 5.56. The second-order valence-electron chi connectivity index (χ2n) is 7.58. The van der Waals surface area contributed by atoms with E-state index in [1.165, 1.54) is 29.5 Å². The molecule has 27 heavy (non-hydrogen) atoms. The molecule has 2 aromatic rings. The molecular weight excluding hydrogens is 334 g/mol. The first-order valence-electron chi connectivity index (χ1n) is 10.3. The molecule has 1 aliphatic heterocycles. The second-order valence-corrected chi connectivity index (χ2v) is 7.58. The molecule has 2 atom stereocenters. The van der Waals surface area contributed by atoms with Crippen LogP contribution in [0.15, 0.2) is 42.5 Å². The molecule has 146 valence electrons. The molecule has 0 spiro atoms. The van der Waals surface area contributed by atoms with Crippen molar-refractivity contribution in [3.8, 4) is 0 Å². The van der Waals surface area contributed by atoms with E-state index < -0.39 is 0 Å². The maximum atomic E-state index is 12.7. The van der Waals surface area contributed by atoms with Crippen LogP contribution >= 0.6 is 0 Å². The van der Waals surface area contributed by atoms with Crippen molar-refractivity contribution >= 4 is 11.7 Å². The number of hydrogen-bond acceptors (Lipinski definition) is 3. The minimum absolute atomic E-state index is 0. The Bertz CT molecular complexity index is 776. The monoisotopic (exact) mass is 367 g/mol. The van der Waals surface area contributed by atoms with Crippen LogP contribution in [0.4, 0.5) is 5.69 Å². The Labute approximate surface area is 164 Å². The van der Waals surface area contributed by atoms with E-state index in [4.69, 9.17) is 4.74 Å². The third kappa shape index (κ3) is 4.52. The SMILES string of the molecule is CCCC(C)C1CCNc2c(C(=O)OCC)cc(Cc3ccccc3)cc21.[HH]. The average Bonchev–Trinajstić information content (AvgIpc) is 2.68. The van der Waals surface area contributed by atoms with Crippen molar-refractivity contribution in [3.05, 3.63) is 64.7 Å². The van der Waals surface area contributed by atoms with Gasteiger partial charge in [-0.2, -0.15) is 0 Å². The van der Waals surface area contributed by atoms with E-state index in [0.717, 1.165) is 25.1 Å². The maximum absolute atomic E-state index is 12.7. The molecule has 0 saturated heterocycles. The Hall–Kier alpha value is -2.29. The standard InChI is InChI=1S/C24H31NO2.H2/c1-4-9-17(3)20-12-13-25-23-21(20)15-19(14-18-10-7-6-8-11-18)16-22(23)24(26)27-5-2;/h6-8,10-11,15-17,20,25H,4-5,9,12-14H2,1-3H3;1H. The molecule has 0 fully saturated rings. The van der Waals surface area contributed by atoms with E-state index in [1.54, 1.807) is 0 Å². The molecule has 0 bridgehead atoms. The molecule has 1 aliphatic rings. The van der Waals surface area contributed by atoms with Crippen LogP contribution in [0.25, 0.3) is 0 Å². The first-order chi connectivity index (χ1) is 13.1. The third-order valence-electron chi connectivity index (χ3n) is 5.56. The van der Waals surface area contributed by atoms with E-state index in [-0.39, 0.29) is 7.40 Å². The molecular formula is C24H33NO2. The fourth-order valence-corrected chi connectivity index (χ4v) is 4.28. The van der Waals surface area contributed by atoms with Crippen LogP contribution in [0, 0.1) is 5.92 Å². The Morgan fingerprint density at radius 3 is 2.70 bits per heavy atom. The van der Waals surface area contributed by atoms with Crippen molar-refractivity contribution in [2.75, 3.05) is 18.5 Å². The predicted octanol–water partition coefficient (Wildman–Crippen LogP) is 6.04. The highest BCUT2D eigenvalue weighted by Crippen LogP contribution is 2.41. The number of fused-ring (bicyclic) bond motifs is 1. The molecule has 2 unspecified atom stereocenters. The summed E-state index contributed by atoms with van der Waals surface area (Å²) in [6.07, 6.45) is 4.34. The van der Waals surface area contributed by atoms with Gasteiger partial charge in [0.05, 0.1) is 17.9 Å². The van der Waals surface area contributed by atoms with Crippen molar-refractivity contribution in [1.29, 1.82) is 0 Å². The Balaban J connectivity index is 0.00000280. The number of hydrogen-bond donors (Lipinski definition) is 1. The van der Waals surface area contributed by atoms with Gasteiger partial charge in [-0.25, -0.2) is 4.79 Å². The zero-order valence-corrected chi connectivity index (χ0v) is 16.8. The largest absolute Gasteiger partial charge is 0.462 e. The minimum Gasteiger partial charge on any atom is -0.462 e. The lowest BCUT2D eigenvalue weighted by Crippen LogP contribution is -2.24. The smallest absolute Gasteiger partial charge is 0.340 e. The van der Waals surface area contributed by atoms with Crippen molar-refractivity contribution < 1.29 is 11.0 Å². The van der Waals surface area contributed by atoms with Crippen LogP contribution in [-0.2, 0) is 11.2 Å². The van der Waals surface area contributed by atoms with Gasteiger partial charge in [-0.3, -0.25) is 0 Å². The highest BCUT2D eigenvalue weighted by Gasteiger charge is 2.29. The summed E-state index contributed by atoms with van der Waals surface area (Å²) in [5, 5.41) is 3.49. The molecule has 3 nitrogen and oxygen atoms in total. The van der Waals surface area contributed by atoms with Gasteiger partial charge in [0.25, 0.3) is 0 Å². The van der Waals surface area contributed by atoms with Gasteiger partial charge in [0, 0.05) is 7.97 Å². The molecule has 1 N–H and O–H groups in total. The molecule has 2 aromatic carbocycles. The number of nitrogens with one attached hydrogen (secondary N) is 1. The molecule has 3 rings (SSSR count). The van der Waals surface area contributed by atoms with E-state index in [1.807, 2.05) is 19.1 Å². The average molecular weight is 368 g/mol. The van der Waals surface area contributed by atoms with E-state index in [9.17, 15) is 4.79 Å². The van der Waals surface area contributed by atoms with Gasteiger partial charge in [0.2, 0.25) is 0 Å². The minimum atomic E-state index is -0.222. The molecule has 3 heteroatoms. The highest BCUT2D eigenvalue weighted by molar-refractivity contribution is 5.97. The Morgan fingerprint density at radius 1 is 1.22 bits per heavy atom. The predicted molar refractivity (Wildman–Crippen MR) is 114 cm³/mol. The number of ether oxygens (including phenoxy) is 1. The van der Waals surface area contributed by atoms with Crippen molar-refractivity contribution in [2.24, 2.45) is 5.92 Å². The lowest BCUT2D eigenvalue weighted by atomic mass is 9.78. The molecule has 0 radical (unpaired) electrons. The highest BCUT2D eigenvalue weighted by atomic mass is 16.5. The number of carbonyl (C=O) groups is 1. The second kappa shape index (κ2) is 9.07. The normalized spacial score (nSPS) is 16.9. The van der Waals surface area contributed by atoms with Gasteiger partial charge in [-0.05, 0) is 54.4 Å². The van der Waals surface area contributed by atoms with E-state index >= 15 is 0 Å². The fraction of sp³-hybridized carbons (Fsp3) is 0.458. The Kier molecular flexibility index (Phi) is 6.54. The number of rotatable bonds is 7. The van der Waals surface area contributed by atoms with Crippen LogP contribution in [0.5, 0.6) is 0 Å². The van der Waals surface area contributed by atoms with Crippen LogP contribution in [0.1, 0.15) is 74.4 Å². The van der Waals surface area contributed by atoms with Crippen molar-refractivity contribution in [1.82, 2.24) is 0 Å². The zero-order valence-electron chi connectivity index (χ0n) is 16.8. The van der Waals surface area contributed by atoms with Gasteiger partial charge in [0.15, 0.2) is 0 Å². The molecule has 0 aliphatic carbocycles. The Morgan fingerprint density at radius 2 is 2.00 bits per heavy atom. The summed E-state index contributed by atoms with van der Waals surface area (Å²) in [5.41, 5.74) is 5.41. The van der Waals surface area contributed by atoms with Crippen LogP contribution in [-0.4, -0.2) is 19.1 Å². The number of carbonyl (C=O) groups excluding carboxylic acids is 1. The van der Waals surface area contributed by atoms with Crippen LogP contribution < -0.4 is 5.32 Å². The van der Waals surface area contributed by atoms with Gasteiger partial charge in [-0.15, -0.1) is 0 Å². The van der Waals surface area contributed by atoms with Gasteiger partial charge >= 0.3 is 5.97 Å². The van der Waals surface area contributed by atoms with Crippen LogP contribution in [0.3, 0.4) is 0 Å². The van der Waals surface area contributed by atoms with Gasteiger partial charge < -0.3 is 10.1 Å². The summed E-state index contributed by atoms with van der Waals surface area (Å²) >= 11 is 0. The summed E-state index contributed by atoms with van der Waals surface area (Å²) in [6.45, 7) is 7.76. The summed E-state index contributed by atoms with van der Waals surface area (Å²) in [5.74, 6) is 0.878. The molecule has 1 heterocycles. The van der Waals surface area contributed by atoms with Crippen molar-refractivity contribution in [2.45, 2.75) is 52.4 Å². The van der Waals surface area contributed by atoms with E-state index in [0.29, 0.717) is 24.0 Å². The molecule has 0 amide bonds. The topological polar surface area (TPSA) is 38.3 Å². The van der Waals surface area contributed by atoms with Gasteiger partial charge in [-0.1, -0.05) is 63.1 Å².